The zero-order valence-corrected chi connectivity index (χ0v) is 9.71. The number of hydrogen-bond donors (Lipinski definition) is 0. The molecule has 2 rings (SSSR count). The molecule has 1 aromatic rings. The Hall–Kier alpha value is -0.640. The summed E-state index contributed by atoms with van der Waals surface area (Å²) < 4.78 is 15.6. The fraction of sp³-hybridized carbons (Fsp3) is 0.600. The highest BCUT2D eigenvalue weighted by atomic mass is 79.9. The van der Waals surface area contributed by atoms with Gasteiger partial charge in [-0.05, 0) is 34.7 Å². The molecule has 4 heteroatoms. The van der Waals surface area contributed by atoms with E-state index in [9.17, 15) is 0 Å². The SMILES string of the molecule is [2H]c1nc([2H])c(N2CCC(C)CC2)nc1Br. The standard InChI is InChI=1S/C10H14BrN3/c1-8-2-4-14(5-3-8)10-7-12-6-9(11)13-10/h6-8H,2-5H2,1H3/i6D,7D. The summed E-state index contributed by atoms with van der Waals surface area (Å²) in [6.07, 6.45) is 2.38. The molecule has 0 spiro atoms. The predicted molar refractivity (Wildman–Crippen MR) is 60.3 cm³/mol. The summed E-state index contributed by atoms with van der Waals surface area (Å²) in [6.45, 7) is 4.09. The van der Waals surface area contributed by atoms with Crippen LogP contribution in [-0.2, 0) is 0 Å². The number of halogens is 1. The van der Waals surface area contributed by atoms with Crippen LogP contribution < -0.4 is 4.90 Å². The zero-order valence-electron chi connectivity index (χ0n) is 10.1. The van der Waals surface area contributed by atoms with Gasteiger partial charge in [0.1, 0.15) is 10.4 Å². The lowest BCUT2D eigenvalue weighted by Crippen LogP contribution is -2.33. The van der Waals surface area contributed by atoms with Gasteiger partial charge in [0.2, 0.25) is 0 Å². The Morgan fingerprint density at radius 2 is 2.21 bits per heavy atom. The molecule has 1 fully saturated rings. The highest BCUT2D eigenvalue weighted by molar-refractivity contribution is 9.10. The molecule has 2 heterocycles. The van der Waals surface area contributed by atoms with E-state index in [4.69, 9.17) is 2.74 Å². The summed E-state index contributed by atoms with van der Waals surface area (Å²) in [6, 6.07) is 0. The lowest BCUT2D eigenvalue weighted by atomic mass is 9.99. The minimum Gasteiger partial charge on any atom is -0.355 e. The minimum absolute atomic E-state index is 0.0270. The molecule has 0 aromatic carbocycles. The van der Waals surface area contributed by atoms with Gasteiger partial charge in [0.25, 0.3) is 0 Å². The number of anilines is 1. The lowest BCUT2D eigenvalue weighted by molar-refractivity contribution is 0.436. The second kappa shape index (κ2) is 4.26. The number of rotatable bonds is 1. The molecule has 0 N–H and O–H groups in total. The van der Waals surface area contributed by atoms with Gasteiger partial charge in [-0.3, -0.25) is 4.98 Å². The van der Waals surface area contributed by atoms with Gasteiger partial charge in [-0.25, -0.2) is 4.98 Å². The van der Waals surface area contributed by atoms with E-state index in [1.165, 1.54) is 0 Å². The fourth-order valence-corrected chi connectivity index (χ4v) is 1.89. The van der Waals surface area contributed by atoms with Crippen molar-refractivity contribution < 1.29 is 2.74 Å². The van der Waals surface area contributed by atoms with Crippen LogP contribution in [0.5, 0.6) is 0 Å². The highest BCUT2D eigenvalue weighted by Gasteiger charge is 2.16. The maximum Gasteiger partial charge on any atom is 0.148 e. The second-order valence-corrected chi connectivity index (χ2v) is 4.48. The largest absolute Gasteiger partial charge is 0.355 e. The minimum atomic E-state index is 0.0270. The highest BCUT2D eigenvalue weighted by Crippen LogP contribution is 2.21. The van der Waals surface area contributed by atoms with Gasteiger partial charge in [-0.2, -0.15) is 0 Å². The van der Waals surface area contributed by atoms with Crippen LogP contribution in [-0.4, -0.2) is 23.1 Å². The first-order valence-corrected chi connectivity index (χ1v) is 5.63. The third kappa shape index (κ3) is 2.23. The Morgan fingerprint density at radius 3 is 2.93 bits per heavy atom. The Kier molecular flexibility index (Phi) is 2.32. The molecular formula is C10H14BrN3. The molecule has 1 aromatic heterocycles. The summed E-state index contributed by atoms with van der Waals surface area (Å²) in [7, 11) is 0. The maximum absolute atomic E-state index is 7.74. The molecule has 0 atom stereocenters. The third-order valence-corrected chi connectivity index (χ3v) is 2.95. The number of nitrogens with zero attached hydrogens (tertiary/aromatic N) is 3. The summed E-state index contributed by atoms with van der Waals surface area (Å²) in [4.78, 5) is 10.2. The van der Waals surface area contributed by atoms with E-state index >= 15 is 0 Å². The van der Waals surface area contributed by atoms with Crippen LogP contribution in [0.2, 0.25) is 0 Å². The summed E-state index contributed by atoms with van der Waals surface area (Å²) >= 11 is 3.19. The average molecular weight is 258 g/mol. The Morgan fingerprint density at radius 1 is 1.50 bits per heavy atom. The fourth-order valence-electron chi connectivity index (χ4n) is 1.63. The van der Waals surface area contributed by atoms with Crippen molar-refractivity contribution in [2.45, 2.75) is 19.8 Å². The second-order valence-electron chi connectivity index (χ2n) is 3.73. The van der Waals surface area contributed by atoms with Gasteiger partial charge < -0.3 is 4.90 Å². The van der Waals surface area contributed by atoms with E-state index in [0.717, 1.165) is 31.8 Å². The van der Waals surface area contributed by atoms with Crippen LogP contribution in [0.1, 0.15) is 22.5 Å². The normalized spacial score (nSPS) is 20.6. The van der Waals surface area contributed by atoms with Crippen LogP contribution in [0.4, 0.5) is 5.82 Å². The topological polar surface area (TPSA) is 29.0 Å². The summed E-state index contributed by atoms with van der Waals surface area (Å²) in [5, 5.41) is 0. The van der Waals surface area contributed by atoms with Gasteiger partial charge in [-0.1, -0.05) is 6.92 Å². The Bertz CT molecular complexity index is 392. The predicted octanol–water partition coefficient (Wildman–Crippen LogP) is 2.48. The van der Waals surface area contributed by atoms with Gasteiger partial charge in [0.05, 0.1) is 15.1 Å². The summed E-state index contributed by atoms with van der Waals surface area (Å²) in [5.41, 5.74) is 0. The van der Waals surface area contributed by atoms with Crippen molar-refractivity contribution in [1.82, 2.24) is 9.97 Å². The monoisotopic (exact) mass is 257 g/mol. The van der Waals surface area contributed by atoms with E-state index in [-0.39, 0.29) is 12.3 Å². The summed E-state index contributed by atoms with van der Waals surface area (Å²) in [5.74, 6) is 1.34. The van der Waals surface area contributed by atoms with Crippen molar-refractivity contribution in [2.24, 2.45) is 5.92 Å². The van der Waals surface area contributed by atoms with E-state index in [1.807, 2.05) is 0 Å². The van der Waals surface area contributed by atoms with Crippen molar-refractivity contribution in [3.63, 3.8) is 0 Å². The molecular weight excluding hydrogens is 242 g/mol. The van der Waals surface area contributed by atoms with Crippen molar-refractivity contribution in [2.75, 3.05) is 18.0 Å². The van der Waals surface area contributed by atoms with Crippen molar-refractivity contribution >= 4 is 21.7 Å². The van der Waals surface area contributed by atoms with Crippen LogP contribution in [0.15, 0.2) is 16.9 Å². The third-order valence-electron chi connectivity index (χ3n) is 2.59. The number of hydrogen-bond acceptors (Lipinski definition) is 3. The van der Waals surface area contributed by atoms with Gasteiger partial charge in [-0.15, -0.1) is 0 Å². The van der Waals surface area contributed by atoms with Crippen molar-refractivity contribution in [1.29, 1.82) is 0 Å². The molecule has 14 heavy (non-hydrogen) atoms. The van der Waals surface area contributed by atoms with Crippen LogP contribution >= 0.6 is 15.9 Å². The van der Waals surface area contributed by atoms with Crippen molar-refractivity contribution in [3.8, 4) is 0 Å². The van der Waals surface area contributed by atoms with Crippen molar-refractivity contribution in [3.05, 3.63) is 16.9 Å². The molecule has 0 amide bonds. The molecule has 0 aliphatic carbocycles. The van der Waals surface area contributed by atoms with E-state index in [1.54, 1.807) is 0 Å². The first kappa shape index (κ1) is 7.63. The Balaban J connectivity index is 2.23. The van der Waals surface area contributed by atoms with Crippen LogP contribution in [0, 0.1) is 5.92 Å². The Labute approximate surface area is 95.5 Å². The van der Waals surface area contributed by atoms with Gasteiger partial charge in [0, 0.05) is 13.1 Å². The molecule has 1 aliphatic heterocycles. The van der Waals surface area contributed by atoms with Crippen LogP contribution in [0.3, 0.4) is 0 Å². The van der Waals surface area contributed by atoms with Crippen LogP contribution in [0.25, 0.3) is 0 Å². The molecule has 0 saturated carbocycles. The van der Waals surface area contributed by atoms with Gasteiger partial charge >= 0.3 is 0 Å². The lowest BCUT2D eigenvalue weighted by Gasteiger charge is -2.30. The van der Waals surface area contributed by atoms with E-state index in [2.05, 4.69) is 37.7 Å². The molecule has 0 radical (unpaired) electrons. The molecule has 1 aliphatic rings. The molecule has 3 nitrogen and oxygen atoms in total. The number of aromatic nitrogens is 2. The maximum atomic E-state index is 7.74. The smallest absolute Gasteiger partial charge is 0.148 e. The molecule has 76 valence electrons. The number of piperidine rings is 1. The van der Waals surface area contributed by atoms with E-state index < -0.39 is 0 Å². The average Bonchev–Trinajstić information content (AvgIpc) is 2.25. The van der Waals surface area contributed by atoms with E-state index in [0.29, 0.717) is 10.4 Å². The molecule has 1 saturated heterocycles. The first-order valence-electron chi connectivity index (χ1n) is 5.83. The molecule has 0 bridgehead atoms. The molecule has 0 unspecified atom stereocenters. The van der Waals surface area contributed by atoms with Gasteiger partial charge in [0.15, 0.2) is 0 Å². The first-order chi connectivity index (χ1) is 7.58. The quantitative estimate of drug-likeness (QED) is 0.774. The zero-order chi connectivity index (χ0) is 11.7.